The third-order valence-electron chi connectivity index (χ3n) is 4.08. The maximum Gasteiger partial charge on any atom is 0.248 e. The molecule has 1 amide bonds. The van der Waals surface area contributed by atoms with Crippen LogP contribution in [0, 0.1) is 0 Å². The van der Waals surface area contributed by atoms with Crippen molar-refractivity contribution in [1.82, 2.24) is 4.57 Å². The standard InChI is InChI=1S/C16H15N3O4/c17-16(21)15-7-18(9-23-15)10-1-2-13-14(6-10)22-8-11-5-12(20)3-4-19(11)13/h1-6,15H,7-9H2,(H2,17,21)/t15-/m1/s1. The fourth-order valence-electron chi connectivity index (χ4n) is 2.88. The van der Waals surface area contributed by atoms with Gasteiger partial charge in [-0.3, -0.25) is 9.59 Å². The molecule has 0 bridgehead atoms. The topological polar surface area (TPSA) is 86.8 Å². The molecule has 1 aromatic carbocycles. The molecule has 0 unspecified atom stereocenters. The van der Waals surface area contributed by atoms with Crippen LogP contribution in [-0.2, 0) is 16.1 Å². The Balaban J connectivity index is 1.67. The monoisotopic (exact) mass is 313 g/mol. The number of amides is 1. The first-order valence-corrected chi connectivity index (χ1v) is 7.26. The number of benzene rings is 1. The highest BCUT2D eigenvalue weighted by atomic mass is 16.5. The number of hydrogen-bond acceptors (Lipinski definition) is 5. The van der Waals surface area contributed by atoms with Crippen LogP contribution in [0.2, 0.25) is 0 Å². The number of ether oxygens (including phenoxy) is 2. The Morgan fingerprint density at radius 1 is 1.26 bits per heavy atom. The summed E-state index contributed by atoms with van der Waals surface area (Å²) in [4.78, 5) is 24.6. The zero-order valence-electron chi connectivity index (χ0n) is 12.3. The van der Waals surface area contributed by atoms with Gasteiger partial charge in [-0.25, -0.2) is 0 Å². The van der Waals surface area contributed by atoms with Gasteiger partial charge in [-0.1, -0.05) is 0 Å². The molecule has 1 fully saturated rings. The number of carbonyl (C=O) groups is 1. The smallest absolute Gasteiger partial charge is 0.248 e. The predicted molar refractivity (Wildman–Crippen MR) is 82.7 cm³/mol. The van der Waals surface area contributed by atoms with Crippen molar-refractivity contribution in [3.05, 3.63) is 52.4 Å². The second-order valence-electron chi connectivity index (χ2n) is 5.57. The quantitative estimate of drug-likeness (QED) is 0.866. The van der Waals surface area contributed by atoms with Crippen LogP contribution in [-0.4, -0.2) is 29.9 Å². The second kappa shape index (κ2) is 5.13. The highest BCUT2D eigenvalue weighted by molar-refractivity contribution is 5.80. The fraction of sp³-hybridized carbons (Fsp3) is 0.250. The van der Waals surface area contributed by atoms with Crippen LogP contribution in [0.25, 0.3) is 5.69 Å². The zero-order chi connectivity index (χ0) is 16.0. The lowest BCUT2D eigenvalue weighted by Gasteiger charge is -2.25. The first kappa shape index (κ1) is 13.8. The predicted octanol–water partition coefficient (Wildman–Crippen LogP) is 0.378. The molecule has 2 N–H and O–H groups in total. The van der Waals surface area contributed by atoms with E-state index in [4.69, 9.17) is 15.2 Å². The number of carbonyl (C=O) groups excluding carboxylic acids is 1. The molecular formula is C16H15N3O4. The van der Waals surface area contributed by atoms with Crippen LogP contribution in [0.15, 0.2) is 41.3 Å². The van der Waals surface area contributed by atoms with Crippen molar-refractivity contribution in [1.29, 1.82) is 0 Å². The molecule has 1 atom stereocenters. The summed E-state index contributed by atoms with van der Waals surface area (Å²) in [5.74, 6) is 0.265. The first-order valence-electron chi connectivity index (χ1n) is 7.26. The molecule has 1 saturated heterocycles. The number of pyridine rings is 1. The van der Waals surface area contributed by atoms with Gasteiger partial charge in [0.05, 0.1) is 17.9 Å². The van der Waals surface area contributed by atoms with Crippen molar-refractivity contribution in [3.63, 3.8) is 0 Å². The van der Waals surface area contributed by atoms with Gasteiger partial charge in [-0.2, -0.15) is 0 Å². The molecule has 7 nitrogen and oxygen atoms in total. The van der Waals surface area contributed by atoms with E-state index in [0.717, 1.165) is 22.8 Å². The van der Waals surface area contributed by atoms with Gasteiger partial charge in [-0.15, -0.1) is 0 Å². The molecule has 3 heterocycles. The number of nitrogens with two attached hydrogens (primary N) is 1. The highest BCUT2D eigenvalue weighted by Gasteiger charge is 2.28. The van der Waals surface area contributed by atoms with Crippen molar-refractivity contribution in [2.24, 2.45) is 5.73 Å². The maximum absolute atomic E-state index is 11.4. The second-order valence-corrected chi connectivity index (χ2v) is 5.57. The van der Waals surface area contributed by atoms with Gasteiger partial charge in [0.2, 0.25) is 5.91 Å². The average molecular weight is 313 g/mol. The number of anilines is 1. The molecule has 2 aromatic rings. The summed E-state index contributed by atoms with van der Waals surface area (Å²) in [6.45, 7) is 1.08. The molecule has 7 heteroatoms. The Hall–Kier alpha value is -2.80. The Kier molecular flexibility index (Phi) is 3.09. The normalized spacial score (nSPS) is 19.0. The third kappa shape index (κ3) is 2.35. The van der Waals surface area contributed by atoms with Crippen molar-refractivity contribution in [2.45, 2.75) is 12.7 Å². The molecule has 1 aromatic heterocycles. The first-order chi connectivity index (χ1) is 11.1. The van der Waals surface area contributed by atoms with Gasteiger partial charge in [0.25, 0.3) is 0 Å². The number of fused-ring (bicyclic) bond motifs is 3. The van der Waals surface area contributed by atoms with E-state index in [-0.39, 0.29) is 5.43 Å². The number of rotatable bonds is 2. The van der Waals surface area contributed by atoms with E-state index in [2.05, 4.69) is 0 Å². The Labute approximate surface area is 131 Å². The number of primary amides is 1. The average Bonchev–Trinajstić information content (AvgIpc) is 3.04. The molecule has 118 valence electrons. The highest BCUT2D eigenvalue weighted by Crippen LogP contribution is 2.33. The molecule has 2 aliphatic heterocycles. The van der Waals surface area contributed by atoms with Crippen LogP contribution in [0.3, 0.4) is 0 Å². The summed E-state index contributed by atoms with van der Waals surface area (Å²) in [5, 5.41) is 0. The van der Waals surface area contributed by atoms with Crippen molar-refractivity contribution in [3.8, 4) is 11.4 Å². The summed E-state index contributed by atoms with van der Waals surface area (Å²) in [5.41, 5.74) is 7.83. The van der Waals surface area contributed by atoms with Gasteiger partial charge in [-0.05, 0) is 12.1 Å². The van der Waals surface area contributed by atoms with E-state index in [1.807, 2.05) is 27.7 Å². The Morgan fingerprint density at radius 2 is 2.13 bits per heavy atom. The van der Waals surface area contributed by atoms with Crippen LogP contribution < -0.4 is 20.8 Å². The molecular weight excluding hydrogens is 298 g/mol. The van der Waals surface area contributed by atoms with Crippen molar-refractivity contribution >= 4 is 11.6 Å². The van der Waals surface area contributed by atoms with E-state index < -0.39 is 12.0 Å². The fourth-order valence-corrected chi connectivity index (χ4v) is 2.88. The van der Waals surface area contributed by atoms with Gasteiger partial charge >= 0.3 is 0 Å². The van der Waals surface area contributed by atoms with E-state index in [9.17, 15) is 9.59 Å². The van der Waals surface area contributed by atoms with Gasteiger partial charge in [0.15, 0.2) is 11.5 Å². The number of nitrogens with zero attached hydrogens (tertiary/aromatic N) is 2. The lowest BCUT2D eigenvalue weighted by molar-refractivity contribution is -0.126. The van der Waals surface area contributed by atoms with Crippen LogP contribution in [0.5, 0.6) is 5.75 Å². The molecule has 4 rings (SSSR count). The zero-order valence-corrected chi connectivity index (χ0v) is 12.3. The molecule has 0 saturated carbocycles. The van der Waals surface area contributed by atoms with Gasteiger partial charge in [0, 0.05) is 30.1 Å². The summed E-state index contributed by atoms with van der Waals surface area (Å²) >= 11 is 0. The SMILES string of the molecule is NC(=O)[C@H]1CN(c2ccc3c(c2)OCc2cc(=O)ccn2-3)CO1. The molecule has 0 radical (unpaired) electrons. The molecule has 0 spiro atoms. The van der Waals surface area contributed by atoms with Crippen LogP contribution in [0.4, 0.5) is 5.69 Å². The summed E-state index contributed by atoms with van der Waals surface area (Å²) < 4.78 is 13.1. The van der Waals surface area contributed by atoms with Crippen molar-refractivity contribution in [2.75, 3.05) is 18.2 Å². The van der Waals surface area contributed by atoms with E-state index >= 15 is 0 Å². The molecule has 23 heavy (non-hydrogen) atoms. The van der Waals surface area contributed by atoms with E-state index in [1.165, 1.54) is 6.07 Å². The Morgan fingerprint density at radius 3 is 2.91 bits per heavy atom. The minimum atomic E-state index is -0.586. The van der Waals surface area contributed by atoms with Gasteiger partial charge < -0.3 is 24.7 Å². The minimum Gasteiger partial charge on any atom is -0.485 e. The molecule has 2 aliphatic rings. The third-order valence-corrected chi connectivity index (χ3v) is 4.08. The lowest BCUT2D eigenvalue weighted by Crippen LogP contribution is -2.32. The summed E-state index contributed by atoms with van der Waals surface area (Å²) in [6.07, 6.45) is 1.17. The number of hydrogen-bond donors (Lipinski definition) is 1. The van der Waals surface area contributed by atoms with Gasteiger partial charge in [0.1, 0.15) is 19.1 Å². The van der Waals surface area contributed by atoms with E-state index in [1.54, 1.807) is 12.3 Å². The lowest BCUT2D eigenvalue weighted by atomic mass is 10.2. The van der Waals surface area contributed by atoms with Crippen LogP contribution >= 0.6 is 0 Å². The van der Waals surface area contributed by atoms with Crippen LogP contribution in [0.1, 0.15) is 5.69 Å². The minimum absolute atomic E-state index is 0.0355. The van der Waals surface area contributed by atoms with E-state index in [0.29, 0.717) is 19.9 Å². The maximum atomic E-state index is 11.4. The molecule has 0 aliphatic carbocycles. The number of aromatic nitrogens is 1. The Bertz CT molecular complexity index is 845. The largest absolute Gasteiger partial charge is 0.485 e. The summed E-state index contributed by atoms with van der Waals surface area (Å²) in [7, 11) is 0. The summed E-state index contributed by atoms with van der Waals surface area (Å²) in [6, 6.07) is 8.86. The van der Waals surface area contributed by atoms with Crippen molar-refractivity contribution < 1.29 is 14.3 Å².